The average Bonchev–Trinajstić information content (AvgIpc) is 2.35. The van der Waals surface area contributed by atoms with Gasteiger partial charge >= 0.3 is 0 Å². The van der Waals surface area contributed by atoms with Crippen LogP contribution in [0.2, 0.25) is 0 Å². The van der Waals surface area contributed by atoms with Crippen molar-refractivity contribution in [3.63, 3.8) is 0 Å². The van der Waals surface area contributed by atoms with Crippen LogP contribution in [-0.4, -0.2) is 32.1 Å². The SMILES string of the molecule is CC(C)COc1ccc(C(=O)NCC2CNC2)cc1. The van der Waals surface area contributed by atoms with Crippen LogP contribution < -0.4 is 15.4 Å². The van der Waals surface area contributed by atoms with E-state index in [0.717, 1.165) is 25.4 Å². The van der Waals surface area contributed by atoms with E-state index in [9.17, 15) is 4.79 Å². The first kappa shape index (κ1) is 13.9. The molecule has 0 saturated carbocycles. The molecule has 1 amide bonds. The summed E-state index contributed by atoms with van der Waals surface area (Å²) >= 11 is 0. The first-order valence-electron chi connectivity index (χ1n) is 6.87. The van der Waals surface area contributed by atoms with Crippen molar-refractivity contribution in [3.05, 3.63) is 29.8 Å². The predicted octanol–water partition coefficient (Wildman–Crippen LogP) is 1.67. The van der Waals surface area contributed by atoms with E-state index in [4.69, 9.17) is 4.74 Å². The monoisotopic (exact) mass is 262 g/mol. The quantitative estimate of drug-likeness (QED) is 0.820. The number of rotatable bonds is 6. The molecule has 0 bridgehead atoms. The molecule has 1 heterocycles. The molecule has 19 heavy (non-hydrogen) atoms. The summed E-state index contributed by atoms with van der Waals surface area (Å²) in [6, 6.07) is 7.32. The summed E-state index contributed by atoms with van der Waals surface area (Å²) < 4.78 is 5.59. The fourth-order valence-electron chi connectivity index (χ4n) is 1.80. The standard InChI is InChI=1S/C15H22N2O2/c1-11(2)10-19-14-5-3-13(4-6-14)15(18)17-9-12-7-16-8-12/h3-6,11-12,16H,7-10H2,1-2H3,(H,17,18). The van der Waals surface area contributed by atoms with Gasteiger partial charge in [0.1, 0.15) is 5.75 Å². The molecule has 4 nitrogen and oxygen atoms in total. The lowest BCUT2D eigenvalue weighted by Crippen LogP contribution is -2.48. The summed E-state index contributed by atoms with van der Waals surface area (Å²) in [5.41, 5.74) is 0.684. The summed E-state index contributed by atoms with van der Waals surface area (Å²) in [6.07, 6.45) is 0. The summed E-state index contributed by atoms with van der Waals surface area (Å²) in [6.45, 7) is 7.66. The molecule has 4 heteroatoms. The van der Waals surface area contributed by atoms with E-state index in [0.29, 0.717) is 24.0 Å². The smallest absolute Gasteiger partial charge is 0.251 e. The average molecular weight is 262 g/mol. The Morgan fingerprint density at radius 2 is 2.05 bits per heavy atom. The van der Waals surface area contributed by atoms with Gasteiger partial charge in [-0.15, -0.1) is 0 Å². The molecule has 0 atom stereocenters. The second-order valence-electron chi connectivity index (χ2n) is 5.46. The summed E-state index contributed by atoms with van der Waals surface area (Å²) in [4.78, 5) is 11.9. The predicted molar refractivity (Wildman–Crippen MR) is 75.5 cm³/mol. The second kappa shape index (κ2) is 6.57. The third kappa shape index (κ3) is 4.24. The molecule has 0 radical (unpaired) electrons. The lowest BCUT2D eigenvalue weighted by molar-refractivity contribution is 0.0942. The van der Waals surface area contributed by atoms with E-state index in [2.05, 4.69) is 24.5 Å². The van der Waals surface area contributed by atoms with Crippen molar-refractivity contribution in [2.24, 2.45) is 11.8 Å². The normalized spacial score (nSPS) is 15.1. The zero-order valence-corrected chi connectivity index (χ0v) is 11.6. The van der Waals surface area contributed by atoms with Crippen molar-refractivity contribution in [2.45, 2.75) is 13.8 Å². The fraction of sp³-hybridized carbons (Fsp3) is 0.533. The molecule has 1 aliphatic rings. The third-order valence-corrected chi connectivity index (χ3v) is 3.12. The van der Waals surface area contributed by atoms with Crippen molar-refractivity contribution in [3.8, 4) is 5.75 Å². The van der Waals surface area contributed by atoms with Crippen LogP contribution in [0.15, 0.2) is 24.3 Å². The van der Waals surface area contributed by atoms with Crippen LogP contribution in [0.25, 0.3) is 0 Å². The van der Waals surface area contributed by atoms with Gasteiger partial charge in [-0.2, -0.15) is 0 Å². The minimum Gasteiger partial charge on any atom is -0.493 e. The largest absolute Gasteiger partial charge is 0.493 e. The Bertz CT molecular complexity index is 411. The highest BCUT2D eigenvalue weighted by atomic mass is 16.5. The maximum absolute atomic E-state index is 11.9. The van der Waals surface area contributed by atoms with Crippen LogP contribution in [0, 0.1) is 11.8 Å². The molecule has 1 fully saturated rings. The van der Waals surface area contributed by atoms with Gasteiger partial charge in [0.25, 0.3) is 5.91 Å². The molecule has 1 aliphatic heterocycles. The van der Waals surface area contributed by atoms with E-state index >= 15 is 0 Å². The first-order valence-corrected chi connectivity index (χ1v) is 6.87. The van der Waals surface area contributed by atoms with Gasteiger partial charge in [0.15, 0.2) is 0 Å². The molecule has 2 rings (SSSR count). The molecule has 0 spiro atoms. The maximum Gasteiger partial charge on any atom is 0.251 e. The maximum atomic E-state index is 11.9. The van der Waals surface area contributed by atoms with Crippen LogP contribution in [0.3, 0.4) is 0 Å². The number of carbonyl (C=O) groups excluding carboxylic acids is 1. The second-order valence-corrected chi connectivity index (χ2v) is 5.46. The van der Waals surface area contributed by atoms with E-state index in [-0.39, 0.29) is 5.91 Å². The number of carbonyl (C=O) groups is 1. The third-order valence-electron chi connectivity index (χ3n) is 3.12. The highest BCUT2D eigenvalue weighted by Gasteiger charge is 2.17. The Balaban J connectivity index is 1.80. The highest BCUT2D eigenvalue weighted by molar-refractivity contribution is 5.94. The summed E-state index contributed by atoms with van der Waals surface area (Å²) in [5.74, 6) is 1.88. The molecule has 104 valence electrons. The lowest BCUT2D eigenvalue weighted by atomic mass is 10.0. The van der Waals surface area contributed by atoms with E-state index in [1.807, 2.05) is 24.3 Å². The summed E-state index contributed by atoms with van der Waals surface area (Å²) in [7, 11) is 0. The van der Waals surface area contributed by atoms with Crippen LogP contribution >= 0.6 is 0 Å². The highest BCUT2D eigenvalue weighted by Crippen LogP contribution is 2.13. The number of nitrogens with one attached hydrogen (secondary N) is 2. The van der Waals surface area contributed by atoms with Crippen molar-refractivity contribution >= 4 is 5.91 Å². The fourth-order valence-corrected chi connectivity index (χ4v) is 1.80. The Morgan fingerprint density at radius 3 is 2.58 bits per heavy atom. The van der Waals surface area contributed by atoms with E-state index < -0.39 is 0 Å². The minimum atomic E-state index is -0.0118. The van der Waals surface area contributed by atoms with Gasteiger partial charge in [-0.3, -0.25) is 4.79 Å². The molecule has 2 N–H and O–H groups in total. The van der Waals surface area contributed by atoms with Gasteiger partial charge in [-0.1, -0.05) is 13.8 Å². The molecule has 0 aromatic heterocycles. The van der Waals surface area contributed by atoms with Gasteiger partial charge in [-0.25, -0.2) is 0 Å². The molecule has 1 aromatic rings. The zero-order valence-electron chi connectivity index (χ0n) is 11.6. The van der Waals surface area contributed by atoms with Crippen LogP contribution in [-0.2, 0) is 0 Å². The molecule has 0 aliphatic carbocycles. The Hall–Kier alpha value is -1.55. The minimum absolute atomic E-state index is 0.0118. The molecular formula is C15H22N2O2. The van der Waals surface area contributed by atoms with Crippen molar-refractivity contribution in [1.82, 2.24) is 10.6 Å². The van der Waals surface area contributed by atoms with E-state index in [1.54, 1.807) is 0 Å². The van der Waals surface area contributed by atoms with Crippen LogP contribution in [0.5, 0.6) is 5.75 Å². The molecule has 1 aromatic carbocycles. The Labute approximate surface area is 114 Å². The van der Waals surface area contributed by atoms with E-state index in [1.165, 1.54) is 0 Å². The number of amides is 1. The van der Waals surface area contributed by atoms with Gasteiger partial charge < -0.3 is 15.4 Å². The molecule has 1 saturated heterocycles. The van der Waals surface area contributed by atoms with Gasteiger partial charge in [0, 0.05) is 31.1 Å². The van der Waals surface area contributed by atoms with Gasteiger partial charge in [-0.05, 0) is 30.2 Å². The molecule has 0 unspecified atom stereocenters. The number of hydrogen-bond acceptors (Lipinski definition) is 3. The Kier molecular flexibility index (Phi) is 4.80. The van der Waals surface area contributed by atoms with Gasteiger partial charge in [0.05, 0.1) is 6.61 Å². The first-order chi connectivity index (χ1) is 9.15. The van der Waals surface area contributed by atoms with Crippen LogP contribution in [0.1, 0.15) is 24.2 Å². The zero-order chi connectivity index (χ0) is 13.7. The topological polar surface area (TPSA) is 50.4 Å². The van der Waals surface area contributed by atoms with Crippen molar-refractivity contribution in [1.29, 1.82) is 0 Å². The number of benzene rings is 1. The Morgan fingerprint density at radius 1 is 1.37 bits per heavy atom. The number of hydrogen-bond donors (Lipinski definition) is 2. The van der Waals surface area contributed by atoms with Crippen molar-refractivity contribution in [2.75, 3.05) is 26.2 Å². The summed E-state index contributed by atoms with van der Waals surface area (Å²) in [5, 5.41) is 6.14. The lowest BCUT2D eigenvalue weighted by Gasteiger charge is -2.27. The van der Waals surface area contributed by atoms with Gasteiger partial charge in [0.2, 0.25) is 0 Å². The van der Waals surface area contributed by atoms with Crippen molar-refractivity contribution < 1.29 is 9.53 Å². The molecular weight excluding hydrogens is 240 g/mol. The van der Waals surface area contributed by atoms with Crippen LogP contribution in [0.4, 0.5) is 0 Å². The number of ether oxygens (including phenoxy) is 1.